The molecule has 0 amide bonds. The van der Waals surface area contributed by atoms with E-state index in [1.165, 1.54) is 0 Å². The van der Waals surface area contributed by atoms with Crippen LogP contribution < -0.4 is 0 Å². The second-order valence-corrected chi connectivity index (χ2v) is 4.15. The molecule has 3 heteroatoms. The molecule has 13 heavy (non-hydrogen) atoms. The number of ether oxygens (including phenoxy) is 2. The third-order valence-electron chi connectivity index (χ3n) is 2.98. The Morgan fingerprint density at radius 3 is 2.85 bits per heavy atom. The summed E-state index contributed by atoms with van der Waals surface area (Å²) >= 11 is 0. The SMILES string of the molecule is CC1CC2CCC(O2)C(C)C(=O)O1. The van der Waals surface area contributed by atoms with Crippen molar-refractivity contribution in [3.63, 3.8) is 0 Å². The first-order valence-electron chi connectivity index (χ1n) is 5.03. The fraction of sp³-hybridized carbons (Fsp3) is 0.900. The molecule has 2 heterocycles. The average Bonchev–Trinajstić information content (AvgIpc) is 2.50. The van der Waals surface area contributed by atoms with E-state index in [0.29, 0.717) is 6.10 Å². The van der Waals surface area contributed by atoms with Crippen molar-refractivity contribution in [2.75, 3.05) is 0 Å². The first-order chi connectivity index (χ1) is 6.16. The monoisotopic (exact) mass is 184 g/mol. The van der Waals surface area contributed by atoms with Crippen molar-refractivity contribution in [3.05, 3.63) is 0 Å². The van der Waals surface area contributed by atoms with Crippen LogP contribution in [0.2, 0.25) is 0 Å². The lowest BCUT2D eigenvalue weighted by molar-refractivity contribution is -0.164. The van der Waals surface area contributed by atoms with Crippen LogP contribution in [0.3, 0.4) is 0 Å². The van der Waals surface area contributed by atoms with Crippen LogP contribution in [-0.2, 0) is 14.3 Å². The Morgan fingerprint density at radius 1 is 1.31 bits per heavy atom. The van der Waals surface area contributed by atoms with E-state index in [1.54, 1.807) is 0 Å². The topological polar surface area (TPSA) is 35.5 Å². The second-order valence-electron chi connectivity index (χ2n) is 4.15. The molecular formula is C10H16O3. The minimum absolute atomic E-state index is 0.0130. The summed E-state index contributed by atoms with van der Waals surface area (Å²) in [5, 5.41) is 0. The predicted molar refractivity (Wildman–Crippen MR) is 47.2 cm³/mol. The quantitative estimate of drug-likeness (QED) is 0.535. The molecule has 2 aliphatic rings. The van der Waals surface area contributed by atoms with Gasteiger partial charge in [0.2, 0.25) is 0 Å². The maximum atomic E-state index is 11.5. The summed E-state index contributed by atoms with van der Waals surface area (Å²) in [5.74, 6) is -0.189. The van der Waals surface area contributed by atoms with Crippen LogP contribution in [0.5, 0.6) is 0 Å². The van der Waals surface area contributed by atoms with Gasteiger partial charge in [-0.1, -0.05) is 0 Å². The van der Waals surface area contributed by atoms with E-state index >= 15 is 0 Å². The molecule has 2 aliphatic heterocycles. The molecule has 2 rings (SSSR count). The number of esters is 1. The van der Waals surface area contributed by atoms with Gasteiger partial charge in [-0.25, -0.2) is 0 Å². The Bertz CT molecular complexity index is 214. The summed E-state index contributed by atoms with van der Waals surface area (Å²) in [7, 11) is 0. The number of hydrogen-bond donors (Lipinski definition) is 0. The van der Waals surface area contributed by atoms with Crippen molar-refractivity contribution >= 4 is 5.97 Å². The number of rotatable bonds is 0. The van der Waals surface area contributed by atoms with Gasteiger partial charge in [0.25, 0.3) is 0 Å². The fourth-order valence-electron chi connectivity index (χ4n) is 2.15. The van der Waals surface area contributed by atoms with Crippen molar-refractivity contribution in [2.24, 2.45) is 5.92 Å². The maximum Gasteiger partial charge on any atom is 0.311 e. The summed E-state index contributed by atoms with van der Waals surface area (Å²) < 4.78 is 11.0. The third kappa shape index (κ3) is 1.70. The number of hydrogen-bond acceptors (Lipinski definition) is 3. The van der Waals surface area contributed by atoms with Gasteiger partial charge in [-0.15, -0.1) is 0 Å². The van der Waals surface area contributed by atoms with Gasteiger partial charge in [-0.05, 0) is 26.7 Å². The van der Waals surface area contributed by atoms with E-state index in [2.05, 4.69) is 0 Å². The lowest BCUT2D eigenvalue weighted by atomic mass is 10.0. The molecule has 0 spiro atoms. The van der Waals surface area contributed by atoms with Gasteiger partial charge in [-0.3, -0.25) is 4.79 Å². The number of fused-ring (bicyclic) bond motifs is 2. The fourth-order valence-corrected chi connectivity index (χ4v) is 2.15. The van der Waals surface area contributed by atoms with Gasteiger partial charge in [0.1, 0.15) is 6.10 Å². The van der Waals surface area contributed by atoms with Crippen LogP contribution in [0.1, 0.15) is 33.1 Å². The lowest BCUT2D eigenvalue weighted by Crippen LogP contribution is -2.34. The Labute approximate surface area is 78.4 Å². The Hall–Kier alpha value is -0.570. The first-order valence-corrected chi connectivity index (χ1v) is 5.03. The van der Waals surface area contributed by atoms with Crippen LogP contribution in [0, 0.1) is 5.92 Å². The molecule has 2 bridgehead atoms. The number of carbonyl (C=O) groups is 1. The van der Waals surface area contributed by atoms with E-state index in [4.69, 9.17) is 9.47 Å². The lowest BCUT2D eigenvalue weighted by Gasteiger charge is -2.26. The molecule has 3 nitrogen and oxygen atoms in total. The molecule has 2 fully saturated rings. The zero-order valence-electron chi connectivity index (χ0n) is 8.16. The summed E-state index contributed by atoms with van der Waals surface area (Å²) in [6.07, 6.45) is 3.37. The van der Waals surface area contributed by atoms with Gasteiger partial charge in [0.15, 0.2) is 0 Å². The highest BCUT2D eigenvalue weighted by Crippen LogP contribution is 2.31. The Morgan fingerprint density at radius 2 is 2.08 bits per heavy atom. The standard InChI is InChI=1S/C10H16O3/c1-6-5-8-3-4-9(13-8)7(2)10(11)12-6/h6-9H,3-5H2,1-2H3. The number of carbonyl (C=O) groups excluding carboxylic acids is 1. The van der Waals surface area contributed by atoms with Crippen LogP contribution in [-0.4, -0.2) is 24.3 Å². The zero-order chi connectivity index (χ0) is 9.42. The van der Waals surface area contributed by atoms with Crippen molar-refractivity contribution in [2.45, 2.75) is 51.4 Å². The van der Waals surface area contributed by atoms with Crippen molar-refractivity contribution in [1.82, 2.24) is 0 Å². The van der Waals surface area contributed by atoms with Crippen molar-refractivity contribution in [1.29, 1.82) is 0 Å². The van der Waals surface area contributed by atoms with Gasteiger partial charge in [0.05, 0.1) is 18.1 Å². The molecule has 0 aliphatic carbocycles. The molecule has 0 aromatic carbocycles. The van der Waals surface area contributed by atoms with Crippen LogP contribution in [0.25, 0.3) is 0 Å². The summed E-state index contributed by atoms with van der Waals surface area (Å²) in [6, 6.07) is 0. The molecule has 0 saturated carbocycles. The largest absolute Gasteiger partial charge is 0.462 e. The summed E-state index contributed by atoms with van der Waals surface area (Å²) in [4.78, 5) is 11.5. The molecular weight excluding hydrogens is 168 g/mol. The van der Waals surface area contributed by atoms with Gasteiger partial charge < -0.3 is 9.47 Å². The van der Waals surface area contributed by atoms with Gasteiger partial charge >= 0.3 is 5.97 Å². The van der Waals surface area contributed by atoms with E-state index in [0.717, 1.165) is 19.3 Å². The van der Waals surface area contributed by atoms with E-state index < -0.39 is 0 Å². The van der Waals surface area contributed by atoms with Gasteiger partial charge in [-0.2, -0.15) is 0 Å². The molecule has 0 aromatic rings. The number of cyclic esters (lactones) is 1. The average molecular weight is 184 g/mol. The van der Waals surface area contributed by atoms with E-state index in [1.807, 2.05) is 13.8 Å². The highest BCUT2D eigenvalue weighted by Gasteiger charge is 2.37. The Balaban J connectivity index is 2.11. The van der Waals surface area contributed by atoms with Crippen LogP contribution >= 0.6 is 0 Å². The molecule has 4 unspecified atom stereocenters. The van der Waals surface area contributed by atoms with Crippen molar-refractivity contribution in [3.8, 4) is 0 Å². The molecule has 2 saturated heterocycles. The minimum Gasteiger partial charge on any atom is -0.462 e. The normalized spacial score (nSPS) is 45.2. The third-order valence-corrected chi connectivity index (χ3v) is 2.98. The van der Waals surface area contributed by atoms with Crippen LogP contribution in [0.15, 0.2) is 0 Å². The molecule has 4 atom stereocenters. The summed E-state index contributed by atoms with van der Waals surface area (Å²) in [5.41, 5.74) is 0. The van der Waals surface area contributed by atoms with E-state index in [9.17, 15) is 4.79 Å². The van der Waals surface area contributed by atoms with E-state index in [-0.39, 0.29) is 24.1 Å². The smallest absolute Gasteiger partial charge is 0.311 e. The van der Waals surface area contributed by atoms with Gasteiger partial charge in [0, 0.05) is 6.42 Å². The van der Waals surface area contributed by atoms with Crippen LogP contribution in [0.4, 0.5) is 0 Å². The minimum atomic E-state index is -0.0992. The first kappa shape index (κ1) is 9.00. The molecule has 0 aromatic heterocycles. The second kappa shape index (κ2) is 3.29. The molecule has 0 N–H and O–H groups in total. The maximum absolute atomic E-state index is 11.5. The molecule has 74 valence electrons. The summed E-state index contributed by atoms with van der Waals surface area (Å²) in [6.45, 7) is 3.83. The highest BCUT2D eigenvalue weighted by molar-refractivity contribution is 5.73. The zero-order valence-corrected chi connectivity index (χ0v) is 8.16. The van der Waals surface area contributed by atoms with Crippen molar-refractivity contribution < 1.29 is 14.3 Å². The molecule has 0 radical (unpaired) electrons. The Kier molecular flexibility index (Phi) is 2.28. The highest BCUT2D eigenvalue weighted by atomic mass is 16.6. The predicted octanol–water partition coefficient (Wildman–Crippen LogP) is 1.51.